The van der Waals surface area contributed by atoms with Crippen LogP contribution in [0.2, 0.25) is 0 Å². The number of esters is 1. The van der Waals surface area contributed by atoms with Crippen molar-refractivity contribution in [2.75, 3.05) is 6.61 Å². The van der Waals surface area contributed by atoms with E-state index in [0.717, 1.165) is 17.4 Å². The molecule has 2 aromatic rings. The van der Waals surface area contributed by atoms with Gasteiger partial charge in [-0.05, 0) is 19.1 Å². The number of halogens is 4. The van der Waals surface area contributed by atoms with E-state index >= 15 is 0 Å². The van der Waals surface area contributed by atoms with Crippen LogP contribution < -0.4 is 0 Å². The first-order valence-corrected chi connectivity index (χ1v) is 6.52. The number of alkyl halides is 3. The fourth-order valence-electron chi connectivity index (χ4n) is 1.49. The second kappa shape index (κ2) is 5.76. The van der Waals surface area contributed by atoms with Crippen molar-refractivity contribution in [3.05, 3.63) is 34.6 Å². The fourth-order valence-corrected chi connectivity index (χ4v) is 2.23. The molecule has 9 heteroatoms. The van der Waals surface area contributed by atoms with Crippen molar-refractivity contribution in [1.82, 2.24) is 10.2 Å². The summed E-state index contributed by atoms with van der Waals surface area (Å²) in [6.45, 7) is 1.77. The van der Waals surface area contributed by atoms with Crippen LogP contribution in [0.25, 0.3) is 10.6 Å². The molecule has 0 aliphatic carbocycles. The van der Waals surface area contributed by atoms with Crippen LogP contribution >= 0.6 is 11.3 Å². The summed E-state index contributed by atoms with van der Waals surface area (Å²) in [5, 5.41) is 7.29. The summed E-state index contributed by atoms with van der Waals surface area (Å²) in [7, 11) is 0. The van der Waals surface area contributed by atoms with Crippen molar-refractivity contribution in [2.24, 2.45) is 0 Å². The van der Waals surface area contributed by atoms with Crippen molar-refractivity contribution in [2.45, 2.75) is 13.1 Å². The minimum Gasteiger partial charge on any atom is -0.461 e. The van der Waals surface area contributed by atoms with E-state index < -0.39 is 23.5 Å². The molecule has 2 rings (SSSR count). The topological polar surface area (TPSA) is 52.1 Å². The predicted octanol–water partition coefficient (Wildman–Crippen LogP) is 3.54. The highest BCUT2D eigenvalue weighted by Crippen LogP contribution is 2.34. The van der Waals surface area contributed by atoms with Gasteiger partial charge in [-0.2, -0.15) is 13.2 Å². The van der Waals surface area contributed by atoms with Crippen LogP contribution in [-0.2, 0) is 10.9 Å². The van der Waals surface area contributed by atoms with Gasteiger partial charge in [0, 0.05) is 5.56 Å². The van der Waals surface area contributed by atoms with E-state index in [-0.39, 0.29) is 22.2 Å². The van der Waals surface area contributed by atoms with Crippen LogP contribution in [-0.4, -0.2) is 22.8 Å². The number of hydrogen-bond acceptors (Lipinski definition) is 5. The third kappa shape index (κ3) is 3.35. The Morgan fingerprint density at radius 2 is 2.05 bits per heavy atom. The average molecular weight is 320 g/mol. The zero-order chi connectivity index (χ0) is 15.6. The van der Waals surface area contributed by atoms with Gasteiger partial charge in [0.15, 0.2) is 0 Å². The molecule has 1 aromatic heterocycles. The standard InChI is InChI=1S/C12H8F4N2O2S/c1-2-20-11(19)10-18-17-9(21-10)6-3-4-7(8(13)5-6)12(14,15)16/h3-5H,2H2,1H3. The van der Waals surface area contributed by atoms with Crippen molar-refractivity contribution in [3.8, 4) is 10.6 Å². The maximum absolute atomic E-state index is 13.5. The van der Waals surface area contributed by atoms with Crippen molar-refractivity contribution in [1.29, 1.82) is 0 Å². The summed E-state index contributed by atoms with van der Waals surface area (Å²) in [5.74, 6) is -2.10. The molecule has 0 saturated heterocycles. The molecule has 0 N–H and O–H groups in total. The van der Waals surface area contributed by atoms with Gasteiger partial charge in [-0.3, -0.25) is 0 Å². The number of aromatic nitrogens is 2. The quantitative estimate of drug-likeness (QED) is 0.641. The van der Waals surface area contributed by atoms with Crippen LogP contribution in [0.4, 0.5) is 17.6 Å². The van der Waals surface area contributed by atoms with E-state index in [0.29, 0.717) is 12.1 Å². The molecule has 0 amide bonds. The summed E-state index contributed by atoms with van der Waals surface area (Å²) in [5.41, 5.74) is -1.25. The van der Waals surface area contributed by atoms with Crippen LogP contribution in [0.3, 0.4) is 0 Å². The maximum Gasteiger partial charge on any atom is 0.419 e. The number of hydrogen-bond donors (Lipinski definition) is 0. The Labute approximate surface area is 120 Å². The van der Waals surface area contributed by atoms with E-state index in [9.17, 15) is 22.4 Å². The lowest BCUT2D eigenvalue weighted by molar-refractivity contribution is -0.139. The zero-order valence-electron chi connectivity index (χ0n) is 10.6. The molecule has 1 aromatic carbocycles. The second-order valence-electron chi connectivity index (χ2n) is 3.83. The molecule has 1 heterocycles. The molecule has 0 saturated carbocycles. The number of carbonyl (C=O) groups is 1. The summed E-state index contributed by atoms with van der Waals surface area (Å²) in [6.07, 6.45) is -4.76. The van der Waals surface area contributed by atoms with Crippen LogP contribution in [0, 0.1) is 5.82 Å². The number of carbonyl (C=O) groups excluding carboxylic acids is 1. The first-order valence-electron chi connectivity index (χ1n) is 5.70. The van der Waals surface area contributed by atoms with Gasteiger partial charge < -0.3 is 4.74 Å². The Morgan fingerprint density at radius 1 is 1.33 bits per heavy atom. The Bertz CT molecular complexity index is 670. The van der Waals surface area contributed by atoms with Gasteiger partial charge in [0.1, 0.15) is 10.8 Å². The van der Waals surface area contributed by atoms with E-state index in [1.54, 1.807) is 6.92 Å². The van der Waals surface area contributed by atoms with Crippen molar-refractivity contribution < 1.29 is 27.1 Å². The number of benzene rings is 1. The highest BCUT2D eigenvalue weighted by atomic mass is 32.1. The van der Waals surface area contributed by atoms with Gasteiger partial charge >= 0.3 is 12.1 Å². The highest BCUT2D eigenvalue weighted by molar-refractivity contribution is 7.16. The first kappa shape index (κ1) is 15.4. The second-order valence-corrected chi connectivity index (χ2v) is 4.80. The van der Waals surface area contributed by atoms with Crippen molar-refractivity contribution in [3.63, 3.8) is 0 Å². The van der Waals surface area contributed by atoms with Gasteiger partial charge in [-0.1, -0.05) is 17.4 Å². The molecule has 112 valence electrons. The SMILES string of the molecule is CCOC(=O)c1nnc(-c2ccc(C(F)(F)F)c(F)c2)s1. The van der Waals surface area contributed by atoms with Gasteiger partial charge in [-0.15, -0.1) is 10.2 Å². The van der Waals surface area contributed by atoms with Crippen molar-refractivity contribution >= 4 is 17.3 Å². The molecule has 0 aliphatic rings. The molecular weight excluding hydrogens is 312 g/mol. The van der Waals surface area contributed by atoms with Gasteiger partial charge in [-0.25, -0.2) is 9.18 Å². The smallest absolute Gasteiger partial charge is 0.419 e. The predicted molar refractivity (Wildman–Crippen MR) is 66.3 cm³/mol. The lowest BCUT2D eigenvalue weighted by Gasteiger charge is -2.08. The Balaban J connectivity index is 2.31. The lowest BCUT2D eigenvalue weighted by Crippen LogP contribution is -2.07. The number of nitrogens with zero attached hydrogens (tertiary/aromatic N) is 2. The molecule has 21 heavy (non-hydrogen) atoms. The minimum absolute atomic E-state index is 0.0489. The van der Waals surface area contributed by atoms with Gasteiger partial charge in [0.05, 0.1) is 12.2 Å². The third-order valence-electron chi connectivity index (χ3n) is 2.40. The average Bonchev–Trinajstić information content (AvgIpc) is 2.87. The zero-order valence-corrected chi connectivity index (χ0v) is 11.4. The van der Waals surface area contributed by atoms with E-state index in [4.69, 9.17) is 4.74 Å². The Morgan fingerprint density at radius 3 is 2.62 bits per heavy atom. The molecule has 0 radical (unpaired) electrons. The molecule has 0 atom stereocenters. The normalized spacial score (nSPS) is 11.5. The monoisotopic (exact) mass is 320 g/mol. The number of rotatable bonds is 3. The van der Waals surface area contributed by atoms with Gasteiger partial charge in [0.25, 0.3) is 0 Å². The van der Waals surface area contributed by atoms with Crippen LogP contribution in [0.1, 0.15) is 22.3 Å². The number of ether oxygens (including phenoxy) is 1. The summed E-state index contributed by atoms with van der Waals surface area (Å²) in [4.78, 5) is 11.4. The first-order chi connectivity index (χ1) is 9.82. The summed E-state index contributed by atoms with van der Waals surface area (Å²) >= 11 is 0.811. The molecule has 0 aliphatic heterocycles. The third-order valence-corrected chi connectivity index (χ3v) is 3.35. The van der Waals surface area contributed by atoms with E-state index in [1.165, 1.54) is 0 Å². The van der Waals surface area contributed by atoms with Crippen LogP contribution in [0.15, 0.2) is 18.2 Å². The highest BCUT2D eigenvalue weighted by Gasteiger charge is 2.34. The lowest BCUT2D eigenvalue weighted by atomic mass is 10.1. The molecule has 0 bridgehead atoms. The fraction of sp³-hybridized carbons (Fsp3) is 0.250. The molecule has 0 spiro atoms. The van der Waals surface area contributed by atoms with Crippen LogP contribution in [0.5, 0.6) is 0 Å². The Hall–Kier alpha value is -2.03. The molecule has 0 unspecified atom stereocenters. The summed E-state index contributed by atoms with van der Waals surface area (Å²) in [6, 6.07) is 2.40. The Kier molecular flexibility index (Phi) is 4.21. The van der Waals surface area contributed by atoms with E-state index in [1.807, 2.05) is 0 Å². The molecular formula is C12H8F4N2O2S. The minimum atomic E-state index is -4.76. The largest absolute Gasteiger partial charge is 0.461 e. The molecule has 4 nitrogen and oxygen atoms in total. The maximum atomic E-state index is 13.5. The summed E-state index contributed by atoms with van der Waals surface area (Å²) < 4.78 is 55.5. The van der Waals surface area contributed by atoms with Gasteiger partial charge in [0.2, 0.25) is 5.01 Å². The molecule has 0 fully saturated rings. The van der Waals surface area contributed by atoms with E-state index in [2.05, 4.69) is 10.2 Å².